The third kappa shape index (κ3) is 5.03. The molecule has 0 radical (unpaired) electrons. The summed E-state index contributed by atoms with van der Waals surface area (Å²) in [6.07, 6.45) is 2.19. The van der Waals surface area contributed by atoms with Crippen molar-refractivity contribution in [1.82, 2.24) is 10.2 Å². The number of anilines is 1. The Hall–Kier alpha value is 0.0500. The van der Waals surface area contributed by atoms with E-state index in [2.05, 4.69) is 63.3 Å². The minimum atomic E-state index is -0.000227. The lowest BCUT2D eigenvalue weighted by molar-refractivity contribution is -0.117. The molecule has 2 rings (SSSR count). The third-order valence-electron chi connectivity index (χ3n) is 3.60. The molecule has 0 aliphatic carbocycles. The average molecular weight is 484 g/mol. The monoisotopic (exact) mass is 481 g/mol. The molecule has 0 aromatic heterocycles. The summed E-state index contributed by atoms with van der Waals surface area (Å²) in [7, 11) is 2.02. The lowest BCUT2D eigenvalue weighted by atomic mass is 10.1. The molecule has 1 aromatic rings. The quantitative estimate of drug-likeness (QED) is 0.688. The lowest BCUT2D eigenvalue weighted by Gasteiger charge is -2.31. The molecule has 7 heteroatoms. The molecule has 2 N–H and O–H groups in total. The second-order valence-corrected chi connectivity index (χ2v) is 7.81. The molecule has 1 aliphatic heterocycles. The zero-order valence-corrected chi connectivity index (χ0v) is 16.5. The van der Waals surface area contributed by atoms with E-state index in [0.29, 0.717) is 12.6 Å². The van der Waals surface area contributed by atoms with Gasteiger partial charge in [-0.3, -0.25) is 9.69 Å². The molecule has 4 nitrogen and oxygen atoms in total. The number of halogens is 3. The first-order chi connectivity index (χ1) is 9.97. The Labute approximate surface area is 150 Å². The van der Waals surface area contributed by atoms with Gasteiger partial charge in [0, 0.05) is 19.5 Å². The van der Waals surface area contributed by atoms with Gasteiger partial charge in [-0.15, -0.1) is 0 Å². The van der Waals surface area contributed by atoms with Crippen LogP contribution in [0, 0.1) is 0 Å². The highest BCUT2D eigenvalue weighted by molar-refractivity contribution is 9.11. The van der Waals surface area contributed by atoms with E-state index < -0.39 is 0 Å². The number of benzene rings is 1. The van der Waals surface area contributed by atoms with E-state index >= 15 is 0 Å². The molecule has 0 unspecified atom stereocenters. The van der Waals surface area contributed by atoms with Gasteiger partial charge in [0.15, 0.2) is 0 Å². The van der Waals surface area contributed by atoms with Crippen LogP contribution in [-0.2, 0) is 4.79 Å². The molecule has 1 fully saturated rings. The third-order valence-corrected chi connectivity index (χ3v) is 5.31. The van der Waals surface area contributed by atoms with Crippen LogP contribution in [0.15, 0.2) is 25.6 Å². The van der Waals surface area contributed by atoms with Crippen LogP contribution in [0.5, 0.6) is 0 Å². The van der Waals surface area contributed by atoms with Crippen molar-refractivity contribution in [3.05, 3.63) is 25.6 Å². The Bertz CT molecular complexity index is 495. The summed E-state index contributed by atoms with van der Waals surface area (Å²) in [4.78, 5) is 14.4. The molecule has 21 heavy (non-hydrogen) atoms. The van der Waals surface area contributed by atoms with Crippen LogP contribution in [0.3, 0.4) is 0 Å². The molecular formula is C14H18Br3N3O. The van der Waals surface area contributed by atoms with Gasteiger partial charge in [0.05, 0.1) is 12.2 Å². The smallest absolute Gasteiger partial charge is 0.238 e. The number of amides is 1. The van der Waals surface area contributed by atoms with Crippen LogP contribution < -0.4 is 10.6 Å². The second-order valence-electron chi connectivity index (χ2n) is 5.19. The topological polar surface area (TPSA) is 44.4 Å². The van der Waals surface area contributed by atoms with Crippen LogP contribution in [0.2, 0.25) is 0 Å². The van der Waals surface area contributed by atoms with Crippen LogP contribution >= 0.6 is 47.8 Å². The minimum Gasteiger partial charge on any atom is -0.323 e. The van der Waals surface area contributed by atoms with Crippen molar-refractivity contribution in [3.63, 3.8) is 0 Å². The molecule has 0 bridgehead atoms. The van der Waals surface area contributed by atoms with Gasteiger partial charge < -0.3 is 10.6 Å². The Kier molecular flexibility index (Phi) is 6.68. The fourth-order valence-electron chi connectivity index (χ4n) is 2.44. The number of likely N-dealkylation sites (N-methyl/N-ethyl adjacent to an activating group) is 1. The molecule has 0 spiro atoms. The highest BCUT2D eigenvalue weighted by Crippen LogP contribution is 2.34. The summed E-state index contributed by atoms with van der Waals surface area (Å²) < 4.78 is 2.65. The first-order valence-corrected chi connectivity index (χ1v) is 9.20. The van der Waals surface area contributed by atoms with Crippen molar-refractivity contribution >= 4 is 59.4 Å². The normalized spacial score (nSPS) is 16.2. The molecule has 1 aliphatic rings. The second kappa shape index (κ2) is 8.06. The number of hydrogen-bond acceptors (Lipinski definition) is 3. The standard InChI is InChI=1S/C14H18Br3N3O/c1-20(10-2-4-18-5-3-10)8-13(21)19-14-11(16)6-9(15)7-12(14)17/h6-7,10,18H,2-5,8H2,1H3,(H,19,21). The molecule has 0 saturated carbocycles. The highest BCUT2D eigenvalue weighted by Gasteiger charge is 2.20. The predicted molar refractivity (Wildman–Crippen MR) is 96.7 cm³/mol. The maximum absolute atomic E-state index is 12.2. The van der Waals surface area contributed by atoms with Gasteiger partial charge in [0.25, 0.3) is 0 Å². The van der Waals surface area contributed by atoms with Crippen LogP contribution in [0.1, 0.15) is 12.8 Å². The summed E-state index contributed by atoms with van der Waals surface area (Å²) in [6, 6.07) is 4.31. The molecular weight excluding hydrogens is 466 g/mol. The molecule has 116 valence electrons. The van der Waals surface area contributed by atoms with E-state index in [9.17, 15) is 4.79 Å². The molecule has 1 amide bonds. The highest BCUT2D eigenvalue weighted by atomic mass is 79.9. The van der Waals surface area contributed by atoms with E-state index in [4.69, 9.17) is 0 Å². The zero-order valence-electron chi connectivity index (χ0n) is 11.8. The lowest BCUT2D eigenvalue weighted by Crippen LogP contribution is -2.44. The Morgan fingerprint density at radius 3 is 2.43 bits per heavy atom. The van der Waals surface area contributed by atoms with E-state index in [1.165, 1.54) is 0 Å². The fraction of sp³-hybridized carbons (Fsp3) is 0.500. The summed E-state index contributed by atoms with van der Waals surface area (Å²) in [6.45, 7) is 2.46. The Morgan fingerprint density at radius 1 is 1.29 bits per heavy atom. The number of hydrogen-bond donors (Lipinski definition) is 2. The molecule has 0 atom stereocenters. The summed E-state index contributed by atoms with van der Waals surface area (Å²) in [5, 5.41) is 6.30. The minimum absolute atomic E-state index is 0.000227. The number of piperidine rings is 1. The first-order valence-electron chi connectivity index (χ1n) is 6.82. The fourth-order valence-corrected chi connectivity index (χ4v) is 4.90. The van der Waals surface area contributed by atoms with Gasteiger partial charge in [-0.2, -0.15) is 0 Å². The van der Waals surface area contributed by atoms with E-state index in [1.807, 2.05) is 19.2 Å². The van der Waals surface area contributed by atoms with Gasteiger partial charge in [0.1, 0.15) is 0 Å². The van der Waals surface area contributed by atoms with E-state index in [0.717, 1.165) is 45.0 Å². The van der Waals surface area contributed by atoms with Crippen molar-refractivity contribution in [2.45, 2.75) is 18.9 Å². The van der Waals surface area contributed by atoms with E-state index in [-0.39, 0.29) is 5.91 Å². The van der Waals surface area contributed by atoms with E-state index in [1.54, 1.807) is 0 Å². The van der Waals surface area contributed by atoms with Crippen LogP contribution in [-0.4, -0.2) is 43.5 Å². The van der Waals surface area contributed by atoms with Crippen molar-refractivity contribution in [2.24, 2.45) is 0 Å². The number of nitrogens with one attached hydrogen (secondary N) is 2. The average Bonchev–Trinajstić information content (AvgIpc) is 2.43. The number of nitrogens with zero attached hydrogens (tertiary/aromatic N) is 1. The van der Waals surface area contributed by atoms with Crippen molar-refractivity contribution in [3.8, 4) is 0 Å². The first kappa shape index (κ1) is 17.4. The van der Waals surface area contributed by atoms with Gasteiger partial charge in [0.2, 0.25) is 5.91 Å². The van der Waals surface area contributed by atoms with Crippen molar-refractivity contribution in [2.75, 3.05) is 32.0 Å². The van der Waals surface area contributed by atoms with Crippen LogP contribution in [0.25, 0.3) is 0 Å². The molecule has 1 heterocycles. The van der Waals surface area contributed by atoms with Crippen molar-refractivity contribution in [1.29, 1.82) is 0 Å². The number of carbonyl (C=O) groups is 1. The SMILES string of the molecule is CN(CC(=O)Nc1c(Br)cc(Br)cc1Br)C1CCNCC1. The Morgan fingerprint density at radius 2 is 1.86 bits per heavy atom. The zero-order chi connectivity index (χ0) is 15.4. The van der Waals surface area contributed by atoms with Gasteiger partial charge in [-0.05, 0) is 77.0 Å². The largest absolute Gasteiger partial charge is 0.323 e. The summed E-state index contributed by atoms with van der Waals surface area (Å²) in [5.74, 6) is -0.000227. The van der Waals surface area contributed by atoms with Crippen molar-refractivity contribution < 1.29 is 4.79 Å². The Balaban J connectivity index is 1.95. The summed E-state index contributed by atoms with van der Waals surface area (Å²) >= 11 is 10.4. The maximum atomic E-state index is 12.2. The number of rotatable bonds is 4. The number of carbonyl (C=O) groups excluding carboxylic acids is 1. The van der Waals surface area contributed by atoms with Gasteiger partial charge >= 0.3 is 0 Å². The van der Waals surface area contributed by atoms with Gasteiger partial charge in [-0.25, -0.2) is 0 Å². The maximum Gasteiger partial charge on any atom is 0.238 e. The predicted octanol–water partition coefficient (Wildman–Crippen LogP) is 3.60. The molecule has 1 saturated heterocycles. The molecule has 1 aromatic carbocycles. The van der Waals surface area contributed by atoms with Crippen LogP contribution in [0.4, 0.5) is 5.69 Å². The summed E-state index contributed by atoms with van der Waals surface area (Å²) in [5.41, 5.74) is 0.766. The van der Waals surface area contributed by atoms with Gasteiger partial charge in [-0.1, -0.05) is 15.9 Å².